The van der Waals surface area contributed by atoms with Crippen LogP contribution in [0.15, 0.2) is 28.7 Å². The van der Waals surface area contributed by atoms with Crippen molar-refractivity contribution in [3.05, 3.63) is 35.6 Å². The van der Waals surface area contributed by atoms with Gasteiger partial charge in [0.1, 0.15) is 11.3 Å². The van der Waals surface area contributed by atoms with Crippen molar-refractivity contribution in [2.75, 3.05) is 0 Å². The highest BCUT2D eigenvalue weighted by atomic mass is 16.3. The molecule has 2 rings (SSSR count). The number of aryl methyl sites for hydroxylation is 1. The minimum atomic E-state index is -0.535. The number of furan rings is 1. The quantitative estimate of drug-likeness (QED) is 0.904. The lowest BCUT2D eigenvalue weighted by Gasteiger charge is -2.25. The number of carbonyl (C=O) groups is 1. The molecule has 20 heavy (non-hydrogen) atoms. The van der Waals surface area contributed by atoms with E-state index in [9.17, 15) is 4.79 Å². The number of hydrogen-bond donors (Lipinski definition) is 2. The Bertz CT molecular complexity index is 623. The fraction of sp³-hybridized carbons (Fsp3) is 0.438. The summed E-state index contributed by atoms with van der Waals surface area (Å²) in [7, 11) is 0. The molecule has 0 bridgehead atoms. The first-order chi connectivity index (χ1) is 9.30. The number of para-hydroxylation sites is 1. The molecule has 0 fully saturated rings. The molecule has 0 saturated carbocycles. The van der Waals surface area contributed by atoms with Crippen molar-refractivity contribution < 1.29 is 9.21 Å². The fourth-order valence-electron chi connectivity index (χ4n) is 2.06. The van der Waals surface area contributed by atoms with Crippen molar-refractivity contribution >= 4 is 16.9 Å². The molecule has 0 saturated heterocycles. The molecule has 2 aromatic rings. The van der Waals surface area contributed by atoms with E-state index in [0.29, 0.717) is 6.54 Å². The third-order valence-corrected chi connectivity index (χ3v) is 3.58. The number of amides is 1. The van der Waals surface area contributed by atoms with Crippen molar-refractivity contribution in [3.8, 4) is 0 Å². The third-order valence-electron chi connectivity index (χ3n) is 3.58. The predicted molar refractivity (Wildman–Crippen MR) is 80.2 cm³/mol. The number of rotatable bonds is 3. The molecular weight excluding hydrogens is 252 g/mol. The highest BCUT2D eigenvalue weighted by Crippen LogP contribution is 2.25. The second kappa shape index (κ2) is 5.29. The molecule has 0 radical (unpaired) electrons. The van der Waals surface area contributed by atoms with Gasteiger partial charge < -0.3 is 15.5 Å². The van der Waals surface area contributed by atoms with Crippen molar-refractivity contribution in [2.24, 2.45) is 11.1 Å². The van der Waals surface area contributed by atoms with Crippen LogP contribution in [0.3, 0.4) is 0 Å². The van der Waals surface area contributed by atoms with Crippen LogP contribution in [0.1, 0.15) is 32.1 Å². The van der Waals surface area contributed by atoms with Gasteiger partial charge in [0.25, 0.3) is 0 Å². The van der Waals surface area contributed by atoms with E-state index in [1.54, 1.807) is 0 Å². The molecular formula is C16H22N2O2. The van der Waals surface area contributed by atoms with Crippen molar-refractivity contribution in [1.82, 2.24) is 5.32 Å². The van der Waals surface area contributed by atoms with Crippen LogP contribution in [0, 0.1) is 12.3 Å². The summed E-state index contributed by atoms with van der Waals surface area (Å²) in [5.74, 6) is 0.623. The third kappa shape index (κ3) is 2.85. The molecule has 3 N–H and O–H groups in total. The first kappa shape index (κ1) is 14.6. The van der Waals surface area contributed by atoms with E-state index in [1.807, 2.05) is 52.0 Å². The minimum absolute atomic E-state index is 0.155. The van der Waals surface area contributed by atoms with Crippen LogP contribution in [0.4, 0.5) is 0 Å². The van der Waals surface area contributed by atoms with Gasteiger partial charge in [0.15, 0.2) is 0 Å². The summed E-state index contributed by atoms with van der Waals surface area (Å²) in [4.78, 5) is 12.0. The average molecular weight is 274 g/mol. The van der Waals surface area contributed by atoms with Crippen LogP contribution < -0.4 is 11.1 Å². The monoisotopic (exact) mass is 274 g/mol. The molecule has 0 aliphatic rings. The number of nitrogens with one attached hydrogen (secondary N) is 1. The zero-order valence-corrected chi connectivity index (χ0v) is 12.5. The molecule has 0 aliphatic carbocycles. The fourth-order valence-corrected chi connectivity index (χ4v) is 2.06. The van der Waals surface area contributed by atoms with E-state index in [-0.39, 0.29) is 11.3 Å². The molecule has 0 spiro atoms. The van der Waals surface area contributed by atoms with E-state index >= 15 is 0 Å². The Balaban J connectivity index is 2.10. The molecule has 1 unspecified atom stereocenters. The highest BCUT2D eigenvalue weighted by Gasteiger charge is 2.27. The van der Waals surface area contributed by atoms with E-state index in [2.05, 4.69) is 5.32 Å². The molecule has 4 heteroatoms. The maximum atomic E-state index is 12.0. The van der Waals surface area contributed by atoms with E-state index < -0.39 is 6.04 Å². The lowest BCUT2D eigenvalue weighted by atomic mass is 9.87. The topological polar surface area (TPSA) is 68.3 Å². The Hall–Kier alpha value is -1.81. The first-order valence-electron chi connectivity index (χ1n) is 6.81. The second-order valence-corrected chi connectivity index (χ2v) is 6.21. The highest BCUT2D eigenvalue weighted by molar-refractivity contribution is 5.83. The normalized spacial score (nSPS) is 13.4. The zero-order valence-electron chi connectivity index (χ0n) is 12.5. The van der Waals surface area contributed by atoms with Crippen molar-refractivity contribution in [3.63, 3.8) is 0 Å². The number of benzene rings is 1. The summed E-state index contributed by atoms with van der Waals surface area (Å²) in [5, 5.41) is 3.93. The van der Waals surface area contributed by atoms with Crippen LogP contribution >= 0.6 is 0 Å². The van der Waals surface area contributed by atoms with Crippen LogP contribution in [-0.4, -0.2) is 11.9 Å². The van der Waals surface area contributed by atoms with Gasteiger partial charge in [0.05, 0.1) is 12.6 Å². The summed E-state index contributed by atoms with van der Waals surface area (Å²) < 4.78 is 5.76. The zero-order chi connectivity index (χ0) is 14.9. The average Bonchev–Trinajstić information content (AvgIpc) is 2.71. The maximum absolute atomic E-state index is 12.0. The van der Waals surface area contributed by atoms with Crippen molar-refractivity contribution in [1.29, 1.82) is 0 Å². The van der Waals surface area contributed by atoms with Crippen LogP contribution in [-0.2, 0) is 11.3 Å². The molecule has 1 atom stereocenters. The van der Waals surface area contributed by atoms with Crippen LogP contribution in [0.2, 0.25) is 0 Å². The largest absolute Gasteiger partial charge is 0.459 e. The Morgan fingerprint density at radius 2 is 2.00 bits per heavy atom. The van der Waals surface area contributed by atoms with Crippen molar-refractivity contribution in [2.45, 2.75) is 40.3 Å². The Morgan fingerprint density at radius 1 is 1.35 bits per heavy atom. The molecule has 1 aromatic carbocycles. The molecule has 1 amide bonds. The van der Waals surface area contributed by atoms with Gasteiger partial charge in [-0.25, -0.2) is 0 Å². The number of nitrogens with two attached hydrogens (primary N) is 1. The molecule has 1 aromatic heterocycles. The van der Waals surface area contributed by atoms with Gasteiger partial charge in [-0.15, -0.1) is 0 Å². The molecule has 108 valence electrons. The summed E-state index contributed by atoms with van der Waals surface area (Å²) in [6.07, 6.45) is 0. The number of carbonyl (C=O) groups excluding carboxylic acids is 1. The summed E-state index contributed by atoms with van der Waals surface area (Å²) in [5.41, 5.74) is 7.57. The Labute approximate surface area is 119 Å². The summed E-state index contributed by atoms with van der Waals surface area (Å²) >= 11 is 0. The van der Waals surface area contributed by atoms with Gasteiger partial charge in [0.2, 0.25) is 5.91 Å². The van der Waals surface area contributed by atoms with Gasteiger partial charge >= 0.3 is 0 Å². The second-order valence-electron chi connectivity index (χ2n) is 6.21. The Morgan fingerprint density at radius 3 is 2.60 bits per heavy atom. The molecule has 1 heterocycles. The number of fused-ring (bicyclic) bond motifs is 1. The van der Waals surface area contributed by atoms with E-state index in [4.69, 9.17) is 10.2 Å². The first-order valence-corrected chi connectivity index (χ1v) is 6.81. The standard InChI is InChI=1S/C16H22N2O2/c1-10-11-7-5-6-8-12(11)20-13(10)9-18-15(19)14(17)16(2,3)4/h5-8,14H,9,17H2,1-4H3,(H,18,19). The van der Waals surface area contributed by atoms with Gasteiger partial charge in [-0.05, 0) is 18.4 Å². The van der Waals surface area contributed by atoms with Crippen LogP contribution in [0.5, 0.6) is 0 Å². The molecule has 0 aliphatic heterocycles. The van der Waals surface area contributed by atoms with E-state index in [0.717, 1.165) is 22.3 Å². The summed E-state index contributed by atoms with van der Waals surface area (Å²) in [6.45, 7) is 8.21. The predicted octanol–water partition coefficient (Wildman–Crippen LogP) is 2.73. The van der Waals surface area contributed by atoms with Gasteiger partial charge in [-0.2, -0.15) is 0 Å². The summed E-state index contributed by atoms with van der Waals surface area (Å²) in [6, 6.07) is 7.31. The van der Waals surface area contributed by atoms with Gasteiger partial charge in [-0.1, -0.05) is 39.0 Å². The van der Waals surface area contributed by atoms with Gasteiger partial charge in [-0.3, -0.25) is 4.79 Å². The lowest BCUT2D eigenvalue weighted by Crippen LogP contribution is -2.48. The molecule has 4 nitrogen and oxygen atoms in total. The maximum Gasteiger partial charge on any atom is 0.237 e. The van der Waals surface area contributed by atoms with E-state index in [1.165, 1.54) is 0 Å². The Kier molecular flexibility index (Phi) is 3.86. The SMILES string of the molecule is Cc1c(CNC(=O)C(N)C(C)(C)C)oc2ccccc12. The van der Waals surface area contributed by atoms with Gasteiger partial charge in [0, 0.05) is 10.9 Å². The number of hydrogen-bond acceptors (Lipinski definition) is 3. The minimum Gasteiger partial charge on any atom is -0.459 e. The lowest BCUT2D eigenvalue weighted by molar-refractivity contribution is -0.124. The smallest absolute Gasteiger partial charge is 0.237 e. The van der Waals surface area contributed by atoms with Crippen LogP contribution in [0.25, 0.3) is 11.0 Å².